The van der Waals surface area contributed by atoms with E-state index in [1.165, 1.54) is 32.5 Å². The maximum atomic E-state index is 14.3. The summed E-state index contributed by atoms with van der Waals surface area (Å²) in [7, 11) is 2.70. The first-order chi connectivity index (χ1) is 10.3. The molecular formula is C13H12F2N4O3. The number of hydrogen-bond donors (Lipinski definition) is 1. The second-order valence-electron chi connectivity index (χ2n) is 4.92. The van der Waals surface area contributed by atoms with Crippen molar-refractivity contribution < 1.29 is 18.4 Å². The first kappa shape index (κ1) is 14.2. The highest BCUT2D eigenvalue weighted by Crippen LogP contribution is 2.45. The molecule has 0 amide bonds. The van der Waals surface area contributed by atoms with Crippen molar-refractivity contribution in [3.8, 4) is 16.9 Å². The number of halogens is 2. The van der Waals surface area contributed by atoms with Crippen LogP contribution in [0.15, 0.2) is 18.3 Å². The van der Waals surface area contributed by atoms with Crippen LogP contribution in [0.3, 0.4) is 0 Å². The predicted octanol–water partition coefficient (Wildman–Crippen LogP) is 2.52. The number of alkyl halides is 2. The molecule has 0 saturated heterocycles. The van der Waals surface area contributed by atoms with E-state index in [1.54, 1.807) is 0 Å². The summed E-state index contributed by atoms with van der Waals surface area (Å²) in [6.45, 7) is -0.631. The van der Waals surface area contributed by atoms with Crippen molar-refractivity contribution in [1.82, 2.24) is 9.78 Å². The average molecular weight is 310 g/mol. The molecule has 1 aromatic heterocycles. The van der Waals surface area contributed by atoms with Gasteiger partial charge in [0, 0.05) is 36.0 Å². The second kappa shape index (κ2) is 4.65. The molecule has 0 bridgehead atoms. The van der Waals surface area contributed by atoms with Gasteiger partial charge in [0.05, 0.1) is 24.8 Å². The van der Waals surface area contributed by atoms with Crippen molar-refractivity contribution in [1.29, 1.82) is 0 Å². The lowest BCUT2D eigenvalue weighted by Gasteiger charge is -2.16. The van der Waals surface area contributed by atoms with Crippen LogP contribution < -0.4 is 10.1 Å². The lowest BCUT2D eigenvalue weighted by Crippen LogP contribution is -2.26. The first-order valence-corrected chi connectivity index (χ1v) is 6.36. The summed E-state index contributed by atoms with van der Waals surface area (Å²) in [6, 6.07) is 2.58. The molecule has 0 unspecified atom stereocenters. The molecule has 9 heteroatoms. The standard InChI is InChI=1S/C13H12F2N4O3/c1-18-12-8(5-17-18)7-3-10(19(20)21)11(22-2)4-9(7)16-6-13(12,14)15/h3-5,16H,6H2,1-2H3. The highest BCUT2D eigenvalue weighted by molar-refractivity contribution is 5.84. The fraction of sp³-hybridized carbons (Fsp3) is 0.308. The predicted molar refractivity (Wildman–Crippen MR) is 74.2 cm³/mol. The minimum absolute atomic E-state index is 0.00640. The van der Waals surface area contributed by atoms with E-state index >= 15 is 0 Å². The van der Waals surface area contributed by atoms with E-state index in [4.69, 9.17) is 4.74 Å². The van der Waals surface area contributed by atoms with Crippen LogP contribution in [0.4, 0.5) is 20.2 Å². The smallest absolute Gasteiger partial charge is 0.311 e. The number of aryl methyl sites for hydroxylation is 1. The van der Waals surface area contributed by atoms with Crippen molar-refractivity contribution in [3.05, 3.63) is 34.1 Å². The molecule has 1 N–H and O–H groups in total. The molecule has 2 aromatic rings. The molecule has 1 aromatic carbocycles. The van der Waals surface area contributed by atoms with Crippen molar-refractivity contribution in [2.45, 2.75) is 5.92 Å². The zero-order chi connectivity index (χ0) is 16.1. The number of rotatable bonds is 2. The maximum Gasteiger partial charge on any atom is 0.311 e. The number of fused-ring (bicyclic) bond motifs is 3. The number of aromatic nitrogens is 2. The number of nitrogens with one attached hydrogen (secondary N) is 1. The van der Waals surface area contributed by atoms with E-state index in [9.17, 15) is 18.9 Å². The Balaban J connectivity index is 2.31. The van der Waals surface area contributed by atoms with Crippen molar-refractivity contribution in [3.63, 3.8) is 0 Å². The number of anilines is 1. The van der Waals surface area contributed by atoms with Gasteiger partial charge in [-0.25, -0.2) is 0 Å². The third kappa shape index (κ3) is 1.97. The average Bonchev–Trinajstić information content (AvgIpc) is 2.81. The minimum Gasteiger partial charge on any atom is -0.490 e. The third-order valence-electron chi connectivity index (χ3n) is 3.59. The van der Waals surface area contributed by atoms with Gasteiger partial charge in [-0.3, -0.25) is 14.8 Å². The van der Waals surface area contributed by atoms with Gasteiger partial charge in [-0.05, 0) is 0 Å². The number of nitro benzene ring substituents is 1. The first-order valence-electron chi connectivity index (χ1n) is 6.36. The molecule has 0 aliphatic carbocycles. The number of ether oxygens (including phenoxy) is 1. The summed E-state index contributed by atoms with van der Waals surface area (Å²) in [5, 5.41) is 17.6. The Hall–Kier alpha value is -2.71. The second-order valence-corrected chi connectivity index (χ2v) is 4.92. The van der Waals surface area contributed by atoms with Crippen LogP contribution in [0.5, 0.6) is 5.75 Å². The topological polar surface area (TPSA) is 82.2 Å². The van der Waals surface area contributed by atoms with Crippen molar-refractivity contribution in [2.75, 3.05) is 19.0 Å². The number of nitrogens with zero attached hydrogens (tertiary/aromatic N) is 3. The van der Waals surface area contributed by atoms with Crippen LogP contribution in [0.25, 0.3) is 11.1 Å². The quantitative estimate of drug-likeness (QED) is 0.681. The van der Waals surface area contributed by atoms with Gasteiger partial charge in [0.2, 0.25) is 0 Å². The Morgan fingerprint density at radius 2 is 2.18 bits per heavy atom. The molecule has 2 heterocycles. The molecule has 0 spiro atoms. The van der Waals surface area contributed by atoms with Crippen LogP contribution in [0.1, 0.15) is 5.69 Å². The maximum absolute atomic E-state index is 14.3. The van der Waals surface area contributed by atoms with Gasteiger partial charge in [0.25, 0.3) is 0 Å². The van der Waals surface area contributed by atoms with Gasteiger partial charge in [-0.1, -0.05) is 0 Å². The number of nitro groups is 1. The monoisotopic (exact) mass is 310 g/mol. The Labute approximate surface area is 123 Å². The molecule has 1 aliphatic rings. The fourth-order valence-corrected chi connectivity index (χ4v) is 2.60. The Kier molecular flexibility index (Phi) is 3.01. The molecule has 116 valence electrons. The van der Waals surface area contributed by atoms with E-state index < -0.39 is 17.4 Å². The number of methoxy groups -OCH3 is 1. The molecule has 0 radical (unpaired) electrons. The third-order valence-corrected chi connectivity index (χ3v) is 3.59. The van der Waals surface area contributed by atoms with Gasteiger partial charge < -0.3 is 10.1 Å². The summed E-state index contributed by atoms with van der Waals surface area (Å²) in [6.07, 6.45) is 1.28. The van der Waals surface area contributed by atoms with E-state index in [-0.39, 0.29) is 22.7 Å². The Morgan fingerprint density at radius 1 is 1.45 bits per heavy atom. The number of benzene rings is 1. The van der Waals surface area contributed by atoms with E-state index in [2.05, 4.69) is 10.4 Å². The van der Waals surface area contributed by atoms with E-state index in [0.717, 1.165) is 4.68 Å². The molecule has 0 saturated carbocycles. The van der Waals surface area contributed by atoms with E-state index in [1.807, 2.05) is 0 Å². The lowest BCUT2D eigenvalue weighted by atomic mass is 10.0. The van der Waals surface area contributed by atoms with Crippen LogP contribution in [0, 0.1) is 10.1 Å². The highest BCUT2D eigenvalue weighted by Gasteiger charge is 2.41. The van der Waals surface area contributed by atoms with Crippen molar-refractivity contribution in [2.24, 2.45) is 7.05 Å². The summed E-state index contributed by atoms with van der Waals surface area (Å²) < 4.78 is 34.6. The Bertz CT molecular complexity index is 773. The Morgan fingerprint density at radius 3 is 2.82 bits per heavy atom. The van der Waals surface area contributed by atoms with Gasteiger partial charge in [-0.2, -0.15) is 13.9 Å². The fourth-order valence-electron chi connectivity index (χ4n) is 2.60. The van der Waals surface area contributed by atoms with Gasteiger partial charge in [0.15, 0.2) is 5.75 Å². The van der Waals surface area contributed by atoms with Crippen LogP contribution in [-0.2, 0) is 13.0 Å². The zero-order valence-electron chi connectivity index (χ0n) is 11.8. The lowest BCUT2D eigenvalue weighted by molar-refractivity contribution is -0.385. The SMILES string of the molecule is COc1cc2c(cc1[N+](=O)[O-])-c1cnn(C)c1C(F)(F)CN2. The molecule has 7 nitrogen and oxygen atoms in total. The summed E-state index contributed by atoms with van der Waals surface area (Å²) >= 11 is 0. The van der Waals surface area contributed by atoms with Gasteiger partial charge >= 0.3 is 11.6 Å². The van der Waals surface area contributed by atoms with Crippen LogP contribution >= 0.6 is 0 Å². The van der Waals surface area contributed by atoms with Gasteiger partial charge in [0.1, 0.15) is 5.69 Å². The molecule has 1 aliphatic heterocycles. The van der Waals surface area contributed by atoms with E-state index in [0.29, 0.717) is 11.3 Å². The van der Waals surface area contributed by atoms with Crippen LogP contribution in [-0.4, -0.2) is 28.4 Å². The molecule has 3 rings (SSSR count). The van der Waals surface area contributed by atoms with Gasteiger partial charge in [-0.15, -0.1) is 0 Å². The van der Waals surface area contributed by atoms with Crippen LogP contribution in [0.2, 0.25) is 0 Å². The molecular weight excluding hydrogens is 298 g/mol. The summed E-state index contributed by atoms with van der Waals surface area (Å²) in [5.41, 5.74) is 0.237. The normalized spacial score (nSPS) is 15.3. The largest absolute Gasteiger partial charge is 0.490 e. The van der Waals surface area contributed by atoms with Crippen molar-refractivity contribution >= 4 is 11.4 Å². The highest BCUT2D eigenvalue weighted by atomic mass is 19.3. The summed E-state index contributed by atoms with van der Waals surface area (Å²) in [4.78, 5) is 10.5. The molecule has 0 fully saturated rings. The zero-order valence-corrected chi connectivity index (χ0v) is 11.8. The summed E-state index contributed by atoms with van der Waals surface area (Å²) in [5.74, 6) is -3.14. The number of hydrogen-bond acceptors (Lipinski definition) is 5. The minimum atomic E-state index is -3.15. The molecule has 22 heavy (non-hydrogen) atoms. The molecule has 0 atom stereocenters.